The van der Waals surface area contributed by atoms with E-state index >= 15 is 0 Å². The number of halogens is 2. The number of carboxylic acids is 1. The van der Waals surface area contributed by atoms with Crippen molar-refractivity contribution in [3.63, 3.8) is 0 Å². The van der Waals surface area contributed by atoms with E-state index < -0.39 is 23.9 Å². The molecule has 1 saturated heterocycles. The standard InChI is InChI=1S/C26H20Br2N2O9/c1-36-19-10-15(20(27)21(28)22(19)38-12-13-3-5-14(6-4-13)24(32)33)9-17-23(31)30(26(35)29-17)11-16-7-8-18(39-16)25(34)37-2/h3-10H,11-12H2,1-2H3,(H,29,35)(H,32,33)/b17-9-. The zero-order valence-electron chi connectivity index (χ0n) is 20.4. The Labute approximate surface area is 238 Å². The number of methoxy groups -OCH3 is 2. The lowest BCUT2D eigenvalue weighted by atomic mass is 10.1. The number of imide groups is 1. The van der Waals surface area contributed by atoms with Crippen LogP contribution in [0.1, 0.15) is 37.8 Å². The quantitative estimate of drug-likeness (QED) is 0.184. The number of carbonyl (C=O) groups is 4. The normalized spacial score (nSPS) is 13.9. The maximum atomic E-state index is 13.0. The summed E-state index contributed by atoms with van der Waals surface area (Å²) in [6.07, 6.45) is 1.48. The van der Waals surface area contributed by atoms with Gasteiger partial charge in [-0.05, 0) is 79.4 Å². The van der Waals surface area contributed by atoms with Crippen LogP contribution in [0.5, 0.6) is 11.5 Å². The number of amides is 3. The Bertz CT molecular complexity index is 1500. The summed E-state index contributed by atoms with van der Waals surface area (Å²) in [6.45, 7) is -0.0525. The summed E-state index contributed by atoms with van der Waals surface area (Å²) >= 11 is 6.98. The minimum absolute atomic E-state index is 0.0154. The molecule has 0 spiro atoms. The maximum absolute atomic E-state index is 13.0. The number of aromatic carboxylic acids is 1. The minimum atomic E-state index is -1.02. The molecule has 1 aliphatic heterocycles. The number of furan rings is 1. The van der Waals surface area contributed by atoms with Crippen molar-refractivity contribution in [1.82, 2.24) is 10.2 Å². The van der Waals surface area contributed by atoms with Crippen molar-refractivity contribution in [1.29, 1.82) is 0 Å². The second-order valence-corrected chi connectivity index (χ2v) is 9.64. The molecule has 0 radical (unpaired) electrons. The third-order valence-corrected chi connectivity index (χ3v) is 7.73. The van der Waals surface area contributed by atoms with Crippen LogP contribution in [0.15, 0.2) is 61.5 Å². The van der Waals surface area contributed by atoms with E-state index in [2.05, 4.69) is 41.9 Å². The smallest absolute Gasteiger partial charge is 0.373 e. The summed E-state index contributed by atoms with van der Waals surface area (Å²) in [4.78, 5) is 49.1. The second kappa shape index (κ2) is 11.7. The van der Waals surface area contributed by atoms with Crippen LogP contribution >= 0.6 is 31.9 Å². The lowest BCUT2D eigenvalue weighted by molar-refractivity contribution is -0.123. The van der Waals surface area contributed by atoms with Gasteiger partial charge in [0.1, 0.15) is 18.1 Å². The fourth-order valence-corrected chi connectivity index (χ4v) is 4.54. The largest absolute Gasteiger partial charge is 0.493 e. The van der Waals surface area contributed by atoms with Crippen LogP contribution in [-0.2, 0) is 22.7 Å². The highest BCUT2D eigenvalue weighted by atomic mass is 79.9. The van der Waals surface area contributed by atoms with E-state index in [0.29, 0.717) is 26.0 Å². The number of esters is 1. The number of hydrogen-bond acceptors (Lipinski definition) is 8. The van der Waals surface area contributed by atoms with Gasteiger partial charge in [0.2, 0.25) is 5.76 Å². The molecule has 0 saturated carbocycles. The third kappa shape index (κ3) is 5.99. The van der Waals surface area contributed by atoms with Crippen molar-refractivity contribution in [3.05, 3.63) is 85.3 Å². The summed E-state index contributed by atoms with van der Waals surface area (Å²) in [5, 5.41) is 11.6. The molecule has 11 nitrogen and oxygen atoms in total. The summed E-state index contributed by atoms with van der Waals surface area (Å²) in [5.41, 5.74) is 1.43. The summed E-state index contributed by atoms with van der Waals surface area (Å²) in [7, 11) is 2.67. The molecular formula is C26H20Br2N2O9. The van der Waals surface area contributed by atoms with Gasteiger partial charge in [-0.15, -0.1) is 0 Å². The number of ether oxygens (including phenoxy) is 3. The molecule has 1 fully saturated rings. The van der Waals surface area contributed by atoms with Crippen LogP contribution < -0.4 is 14.8 Å². The van der Waals surface area contributed by atoms with Crippen molar-refractivity contribution < 1.29 is 42.9 Å². The van der Waals surface area contributed by atoms with Gasteiger partial charge in [0, 0.05) is 4.47 Å². The molecular weight excluding hydrogens is 644 g/mol. The number of carbonyl (C=O) groups excluding carboxylic acids is 3. The van der Waals surface area contributed by atoms with E-state index in [1.165, 1.54) is 44.6 Å². The molecule has 0 atom stereocenters. The number of urea groups is 1. The second-order valence-electron chi connectivity index (χ2n) is 8.05. The molecule has 0 bridgehead atoms. The zero-order chi connectivity index (χ0) is 28.3. The molecule has 0 aliphatic carbocycles. The molecule has 2 N–H and O–H groups in total. The maximum Gasteiger partial charge on any atom is 0.373 e. The highest BCUT2D eigenvalue weighted by molar-refractivity contribution is 9.13. The topological polar surface area (TPSA) is 145 Å². The Morgan fingerprint density at radius 1 is 1.08 bits per heavy atom. The summed E-state index contributed by atoms with van der Waals surface area (Å²) < 4.78 is 22.4. The Balaban J connectivity index is 1.53. The zero-order valence-corrected chi connectivity index (χ0v) is 23.6. The Kier molecular flexibility index (Phi) is 8.41. The van der Waals surface area contributed by atoms with Crippen LogP contribution in [0.3, 0.4) is 0 Å². The molecule has 0 unspecified atom stereocenters. The number of rotatable bonds is 9. The van der Waals surface area contributed by atoms with Gasteiger partial charge in [0.05, 0.1) is 30.8 Å². The number of carboxylic acid groups (broad SMARTS) is 1. The summed E-state index contributed by atoms with van der Waals surface area (Å²) in [6, 6.07) is 10.1. The van der Waals surface area contributed by atoms with Crippen LogP contribution in [-0.4, -0.2) is 48.1 Å². The fourth-order valence-electron chi connectivity index (χ4n) is 3.59. The van der Waals surface area contributed by atoms with Crippen LogP contribution in [0.2, 0.25) is 0 Å². The van der Waals surface area contributed by atoms with Gasteiger partial charge in [-0.2, -0.15) is 0 Å². The minimum Gasteiger partial charge on any atom is -0.493 e. The van der Waals surface area contributed by atoms with Crippen LogP contribution in [0, 0.1) is 0 Å². The number of hydrogen-bond donors (Lipinski definition) is 2. The van der Waals surface area contributed by atoms with E-state index in [4.69, 9.17) is 19.0 Å². The first-order valence-corrected chi connectivity index (χ1v) is 12.7. The van der Waals surface area contributed by atoms with E-state index in [9.17, 15) is 19.2 Å². The van der Waals surface area contributed by atoms with E-state index in [1.807, 2.05) is 0 Å². The molecule has 2 heterocycles. The van der Waals surface area contributed by atoms with Crippen molar-refractivity contribution >= 4 is 61.8 Å². The van der Waals surface area contributed by atoms with Crippen LogP contribution in [0.4, 0.5) is 4.79 Å². The first-order chi connectivity index (χ1) is 18.6. The van der Waals surface area contributed by atoms with Gasteiger partial charge in [-0.25, -0.2) is 14.4 Å². The predicted octanol–water partition coefficient (Wildman–Crippen LogP) is 4.97. The Hall–Kier alpha value is -4.10. The molecule has 1 aromatic heterocycles. The van der Waals surface area contributed by atoms with Crippen molar-refractivity contribution in [2.75, 3.05) is 14.2 Å². The molecule has 13 heteroatoms. The van der Waals surface area contributed by atoms with Gasteiger partial charge in [-0.1, -0.05) is 12.1 Å². The molecule has 1 aliphatic rings. The number of nitrogens with zero attached hydrogens (tertiary/aromatic N) is 1. The first-order valence-electron chi connectivity index (χ1n) is 11.2. The first kappa shape index (κ1) is 27.9. The fraction of sp³-hybridized carbons (Fsp3) is 0.154. The van der Waals surface area contributed by atoms with Gasteiger partial charge >= 0.3 is 18.0 Å². The van der Waals surface area contributed by atoms with Crippen molar-refractivity contribution in [2.24, 2.45) is 0 Å². The van der Waals surface area contributed by atoms with E-state index in [1.54, 1.807) is 18.2 Å². The van der Waals surface area contributed by atoms with Crippen molar-refractivity contribution in [2.45, 2.75) is 13.2 Å². The van der Waals surface area contributed by atoms with Gasteiger partial charge in [-0.3, -0.25) is 9.69 Å². The molecule has 4 rings (SSSR count). The monoisotopic (exact) mass is 662 g/mol. The average molecular weight is 664 g/mol. The predicted molar refractivity (Wildman–Crippen MR) is 143 cm³/mol. The van der Waals surface area contributed by atoms with Crippen molar-refractivity contribution in [3.8, 4) is 11.5 Å². The highest BCUT2D eigenvalue weighted by Gasteiger charge is 2.35. The number of benzene rings is 2. The van der Waals surface area contributed by atoms with E-state index in [-0.39, 0.29) is 35.9 Å². The van der Waals surface area contributed by atoms with Crippen LogP contribution in [0.25, 0.3) is 6.08 Å². The number of nitrogens with one attached hydrogen (secondary N) is 1. The Morgan fingerprint density at radius 3 is 2.44 bits per heavy atom. The summed E-state index contributed by atoms with van der Waals surface area (Å²) in [5.74, 6) is -1.39. The molecule has 39 heavy (non-hydrogen) atoms. The van der Waals surface area contributed by atoms with Gasteiger partial charge < -0.3 is 29.1 Å². The highest BCUT2D eigenvalue weighted by Crippen LogP contribution is 2.44. The molecule has 3 amide bonds. The lowest BCUT2D eigenvalue weighted by Gasteiger charge is -2.16. The molecule has 3 aromatic rings. The van der Waals surface area contributed by atoms with Gasteiger partial charge in [0.25, 0.3) is 5.91 Å². The van der Waals surface area contributed by atoms with Gasteiger partial charge in [0.15, 0.2) is 11.5 Å². The molecule has 202 valence electrons. The van der Waals surface area contributed by atoms with E-state index in [0.717, 1.165) is 10.5 Å². The SMILES string of the molecule is COC(=O)c1ccc(CN2C(=O)N/C(=C\c3cc(OC)c(OCc4ccc(C(=O)O)cc4)c(Br)c3Br)C2=O)o1. The Morgan fingerprint density at radius 2 is 1.79 bits per heavy atom. The molecule has 2 aromatic carbocycles. The average Bonchev–Trinajstić information content (AvgIpc) is 3.50. The third-order valence-electron chi connectivity index (χ3n) is 5.58. The lowest BCUT2D eigenvalue weighted by Crippen LogP contribution is -2.30.